The molecule has 8 heavy (non-hydrogen) atoms. The maximum Gasteiger partial charge on any atom is 0.178 e. The van der Waals surface area contributed by atoms with Crippen LogP contribution in [0.3, 0.4) is 0 Å². The Morgan fingerprint density at radius 1 is 2.00 bits per heavy atom. The number of hydrogen-bond donors (Lipinski definition) is 0. The molecule has 0 atom stereocenters. The quantitative estimate of drug-likeness (QED) is 0.336. The van der Waals surface area contributed by atoms with Crippen molar-refractivity contribution >= 4 is 18.2 Å². The predicted molar refractivity (Wildman–Crippen MR) is 30.4 cm³/mol. The van der Waals surface area contributed by atoms with E-state index < -0.39 is 0 Å². The Balaban J connectivity index is 2.69. The summed E-state index contributed by atoms with van der Waals surface area (Å²) in [5, 5.41) is 3.83. The van der Waals surface area contributed by atoms with Crippen LogP contribution in [0.1, 0.15) is 6.42 Å². The highest BCUT2D eigenvalue weighted by atomic mass is 16.1. The largest absolute Gasteiger partial charge is 0.296 e. The molecule has 0 N–H and O–H groups in total. The van der Waals surface area contributed by atoms with E-state index >= 15 is 0 Å². The van der Waals surface area contributed by atoms with Gasteiger partial charge in [0.25, 0.3) is 0 Å². The highest BCUT2D eigenvalue weighted by Crippen LogP contribution is 1.88. The van der Waals surface area contributed by atoms with Gasteiger partial charge in [-0.25, -0.2) is 0 Å². The van der Waals surface area contributed by atoms with Gasteiger partial charge < -0.3 is 0 Å². The third-order valence-corrected chi connectivity index (χ3v) is 0.987. The zero-order valence-corrected chi connectivity index (χ0v) is 4.66. The van der Waals surface area contributed by atoms with Crippen LogP contribution in [-0.2, 0) is 4.79 Å². The maximum atomic E-state index is 9.98. The van der Waals surface area contributed by atoms with Gasteiger partial charge in [-0.2, -0.15) is 0 Å². The predicted octanol–water partition coefficient (Wildman–Crippen LogP) is -0.342. The number of carbonyl (C=O) groups is 1. The van der Waals surface area contributed by atoms with Gasteiger partial charge in [0.2, 0.25) is 0 Å². The fraction of sp³-hybridized carbons (Fsp3) is 0.400. The molecule has 1 aliphatic rings. The highest BCUT2D eigenvalue weighted by Gasteiger charge is 2.09. The standard InChI is InChI=1S/C5H7N2O/c1-7-3-2-5(4-8)6-7/h3-4H,2H2,1H3/q+1. The molecule has 3 nitrogen and oxygen atoms in total. The molecule has 0 unspecified atom stereocenters. The van der Waals surface area contributed by atoms with E-state index in [9.17, 15) is 4.79 Å². The Morgan fingerprint density at radius 2 is 2.75 bits per heavy atom. The summed E-state index contributed by atoms with van der Waals surface area (Å²) in [6.07, 6.45) is 3.31. The molecule has 0 saturated heterocycles. The van der Waals surface area contributed by atoms with Crippen LogP contribution >= 0.6 is 0 Å². The third-order valence-electron chi connectivity index (χ3n) is 0.987. The molecule has 1 heterocycles. The topological polar surface area (TPSA) is 32.4 Å². The molecule has 0 fully saturated rings. The minimum atomic E-state index is 0.604. The van der Waals surface area contributed by atoms with Gasteiger partial charge in [0, 0.05) is 0 Å². The molecular weight excluding hydrogens is 104 g/mol. The van der Waals surface area contributed by atoms with E-state index in [2.05, 4.69) is 5.10 Å². The molecule has 1 aliphatic heterocycles. The molecule has 0 bridgehead atoms. The second-order valence-electron chi connectivity index (χ2n) is 1.67. The van der Waals surface area contributed by atoms with Crippen LogP contribution in [0.4, 0.5) is 0 Å². The summed E-state index contributed by atoms with van der Waals surface area (Å²) in [4.78, 5) is 9.98. The molecule has 3 heteroatoms. The Kier molecular flexibility index (Phi) is 1.20. The lowest BCUT2D eigenvalue weighted by molar-refractivity contribution is -0.494. The maximum absolute atomic E-state index is 9.98. The summed E-state index contributed by atoms with van der Waals surface area (Å²) < 4.78 is 1.64. The second-order valence-corrected chi connectivity index (χ2v) is 1.67. The molecule has 0 aliphatic carbocycles. The Labute approximate surface area is 47.3 Å². The lowest BCUT2D eigenvalue weighted by atomic mass is 10.3. The minimum Gasteiger partial charge on any atom is -0.296 e. The van der Waals surface area contributed by atoms with E-state index in [1.165, 1.54) is 0 Å². The van der Waals surface area contributed by atoms with Crippen molar-refractivity contribution in [3.8, 4) is 0 Å². The second kappa shape index (κ2) is 1.86. The molecule has 0 amide bonds. The normalized spacial score (nSPS) is 17.6. The average molecular weight is 111 g/mol. The third kappa shape index (κ3) is 0.804. The smallest absolute Gasteiger partial charge is 0.178 e. The van der Waals surface area contributed by atoms with Crippen LogP contribution in [0.25, 0.3) is 0 Å². The van der Waals surface area contributed by atoms with E-state index in [4.69, 9.17) is 0 Å². The van der Waals surface area contributed by atoms with Crippen molar-refractivity contribution in [3.05, 3.63) is 0 Å². The number of hydrazone groups is 1. The number of aldehydes is 1. The SMILES string of the molecule is C[N+]1=CCC(C=O)=N1. The number of carbonyl (C=O) groups excluding carboxylic acids is 1. The van der Waals surface area contributed by atoms with Crippen LogP contribution in [0.2, 0.25) is 0 Å². The number of nitrogens with zero attached hydrogens (tertiary/aromatic N) is 2. The van der Waals surface area contributed by atoms with E-state index in [0.29, 0.717) is 12.1 Å². The molecule has 0 aromatic carbocycles. The van der Waals surface area contributed by atoms with Gasteiger partial charge in [-0.3, -0.25) is 4.79 Å². The van der Waals surface area contributed by atoms with Crippen molar-refractivity contribution in [1.82, 2.24) is 0 Å². The first kappa shape index (κ1) is 5.15. The van der Waals surface area contributed by atoms with Crippen molar-refractivity contribution in [3.63, 3.8) is 0 Å². The van der Waals surface area contributed by atoms with Crippen LogP contribution in [0.5, 0.6) is 0 Å². The fourth-order valence-electron chi connectivity index (χ4n) is 0.582. The van der Waals surface area contributed by atoms with Crippen LogP contribution in [0.15, 0.2) is 5.10 Å². The van der Waals surface area contributed by atoms with Crippen molar-refractivity contribution in [2.45, 2.75) is 6.42 Å². The first-order chi connectivity index (χ1) is 3.83. The van der Waals surface area contributed by atoms with Gasteiger partial charge in [-0.1, -0.05) is 4.68 Å². The highest BCUT2D eigenvalue weighted by molar-refractivity contribution is 6.31. The number of hydrogen-bond acceptors (Lipinski definition) is 2. The number of rotatable bonds is 1. The summed E-state index contributed by atoms with van der Waals surface area (Å²) in [6.45, 7) is 0. The zero-order chi connectivity index (χ0) is 5.98. The monoisotopic (exact) mass is 111 g/mol. The van der Waals surface area contributed by atoms with Gasteiger partial charge in [-0.15, -0.1) is 0 Å². The Bertz CT molecular complexity index is 169. The molecular formula is C5H7N2O+. The van der Waals surface area contributed by atoms with E-state index in [-0.39, 0.29) is 0 Å². The van der Waals surface area contributed by atoms with Gasteiger partial charge >= 0.3 is 0 Å². The van der Waals surface area contributed by atoms with Gasteiger partial charge in [0.1, 0.15) is 0 Å². The van der Waals surface area contributed by atoms with Crippen LogP contribution in [-0.4, -0.2) is 29.9 Å². The van der Waals surface area contributed by atoms with Crippen molar-refractivity contribution in [2.24, 2.45) is 5.10 Å². The lowest BCUT2D eigenvalue weighted by Crippen LogP contribution is -1.93. The molecule has 0 aromatic heterocycles. The molecule has 0 saturated carbocycles. The minimum absolute atomic E-state index is 0.604. The van der Waals surface area contributed by atoms with Crippen molar-refractivity contribution in [1.29, 1.82) is 0 Å². The fourth-order valence-corrected chi connectivity index (χ4v) is 0.582. The lowest BCUT2D eigenvalue weighted by Gasteiger charge is -1.71. The van der Waals surface area contributed by atoms with E-state index in [1.807, 2.05) is 6.21 Å². The summed E-state index contributed by atoms with van der Waals surface area (Å²) >= 11 is 0. The first-order valence-corrected chi connectivity index (χ1v) is 2.42. The van der Waals surface area contributed by atoms with Crippen LogP contribution in [0, 0.1) is 0 Å². The van der Waals surface area contributed by atoms with Crippen LogP contribution < -0.4 is 0 Å². The average Bonchev–Trinajstić information content (AvgIpc) is 2.14. The molecule has 0 aromatic rings. The van der Waals surface area contributed by atoms with E-state index in [1.54, 1.807) is 11.7 Å². The summed E-state index contributed by atoms with van der Waals surface area (Å²) in [6, 6.07) is 0. The first-order valence-electron chi connectivity index (χ1n) is 2.42. The van der Waals surface area contributed by atoms with Gasteiger partial charge in [0.05, 0.1) is 6.42 Å². The summed E-state index contributed by atoms with van der Waals surface area (Å²) in [5.41, 5.74) is 0.604. The summed E-state index contributed by atoms with van der Waals surface area (Å²) in [5.74, 6) is 0. The molecule has 1 rings (SSSR count). The Hall–Kier alpha value is -0.990. The van der Waals surface area contributed by atoms with E-state index in [0.717, 1.165) is 6.29 Å². The van der Waals surface area contributed by atoms with Gasteiger partial charge in [-0.05, 0) is 5.10 Å². The summed E-state index contributed by atoms with van der Waals surface area (Å²) in [7, 11) is 1.80. The molecule has 42 valence electrons. The van der Waals surface area contributed by atoms with Gasteiger partial charge in [0.15, 0.2) is 25.3 Å². The van der Waals surface area contributed by atoms with Crippen molar-refractivity contribution in [2.75, 3.05) is 7.05 Å². The molecule has 0 radical (unpaired) electrons. The zero-order valence-electron chi connectivity index (χ0n) is 4.66. The van der Waals surface area contributed by atoms with Crippen molar-refractivity contribution < 1.29 is 9.48 Å². The Morgan fingerprint density at radius 3 is 3.00 bits per heavy atom. The molecule has 0 spiro atoms.